The van der Waals surface area contributed by atoms with E-state index in [1.54, 1.807) is 0 Å². The van der Waals surface area contributed by atoms with Crippen LogP contribution in [0.2, 0.25) is 0 Å². The predicted molar refractivity (Wildman–Crippen MR) is 267 cm³/mol. The van der Waals surface area contributed by atoms with Crippen LogP contribution in [-0.4, -0.2) is 9.97 Å². The Morgan fingerprint density at radius 2 is 0.571 bits per heavy atom. The van der Waals surface area contributed by atoms with E-state index in [0.717, 1.165) is 39.1 Å². The Morgan fingerprint density at radius 3 is 0.984 bits per heavy atom. The van der Waals surface area contributed by atoms with Gasteiger partial charge in [-0.1, -0.05) is 176 Å². The summed E-state index contributed by atoms with van der Waals surface area (Å²) < 4.78 is 0. The SMILES string of the molecule is c1ccc(-c2ccc(N(c3ccc(-c4ccc5[nH]c6ccccc6c5c4-c4ccccc4)cc3)c3ccc(-c4ccc5[nH]c6ccccc6c5c4-c4ccccc4)cc3)cc2)cc1. The van der Waals surface area contributed by atoms with Crippen LogP contribution in [0.3, 0.4) is 0 Å². The molecule has 0 bridgehead atoms. The second kappa shape index (κ2) is 15.3. The van der Waals surface area contributed by atoms with E-state index in [2.05, 4.69) is 251 Å². The largest absolute Gasteiger partial charge is 0.354 e. The molecule has 0 unspecified atom stereocenters. The number of nitrogens with one attached hydrogen (secondary N) is 2. The second-order valence-electron chi connectivity index (χ2n) is 16.2. The number of anilines is 3. The number of rotatable bonds is 8. The molecule has 0 saturated carbocycles. The molecular formula is C60H41N3. The third-order valence-corrected chi connectivity index (χ3v) is 12.6. The topological polar surface area (TPSA) is 34.8 Å². The van der Waals surface area contributed by atoms with E-state index in [1.807, 2.05) is 0 Å². The predicted octanol–water partition coefficient (Wildman–Crippen LogP) is 16.8. The summed E-state index contributed by atoms with van der Waals surface area (Å²) in [5.74, 6) is 0. The van der Waals surface area contributed by atoms with Crippen LogP contribution in [0, 0.1) is 0 Å². The van der Waals surface area contributed by atoms with Crippen molar-refractivity contribution >= 4 is 60.7 Å². The van der Waals surface area contributed by atoms with E-state index in [9.17, 15) is 0 Å². The summed E-state index contributed by atoms with van der Waals surface area (Å²) in [5.41, 5.74) is 19.8. The fourth-order valence-electron chi connectivity index (χ4n) is 9.63. The Balaban J connectivity index is 0.983. The summed E-state index contributed by atoms with van der Waals surface area (Å²) in [6.07, 6.45) is 0. The molecule has 10 aromatic carbocycles. The van der Waals surface area contributed by atoms with Crippen molar-refractivity contribution in [3.05, 3.63) is 237 Å². The molecule has 0 saturated heterocycles. The van der Waals surface area contributed by atoms with Crippen LogP contribution in [0.4, 0.5) is 17.1 Å². The lowest BCUT2D eigenvalue weighted by atomic mass is 9.90. The highest BCUT2D eigenvalue weighted by Gasteiger charge is 2.20. The minimum absolute atomic E-state index is 1.08. The number of aromatic nitrogens is 2. The van der Waals surface area contributed by atoms with Gasteiger partial charge in [0.15, 0.2) is 0 Å². The summed E-state index contributed by atoms with van der Waals surface area (Å²) >= 11 is 0. The maximum Gasteiger partial charge on any atom is 0.0471 e. The molecule has 0 fully saturated rings. The van der Waals surface area contributed by atoms with E-state index in [0.29, 0.717) is 0 Å². The Morgan fingerprint density at radius 1 is 0.238 bits per heavy atom. The maximum atomic E-state index is 3.67. The molecule has 0 aliphatic heterocycles. The highest BCUT2D eigenvalue weighted by molar-refractivity contribution is 6.18. The van der Waals surface area contributed by atoms with Gasteiger partial charge >= 0.3 is 0 Å². The van der Waals surface area contributed by atoms with Crippen molar-refractivity contribution in [2.45, 2.75) is 0 Å². The lowest BCUT2D eigenvalue weighted by Crippen LogP contribution is -2.09. The van der Waals surface area contributed by atoms with Gasteiger partial charge in [-0.15, -0.1) is 0 Å². The minimum atomic E-state index is 1.08. The average Bonchev–Trinajstić information content (AvgIpc) is 3.94. The zero-order valence-electron chi connectivity index (χ0n) is 34.5. The van der Waals surface area contributed by atoms with Crippen LogP contribution >= 0.6 is 0 Å². The van der Waals surface area contributed by atoms with Crippen LogP contribution in [0.5, 0.6) is 0 Å². The summed E-state index contributed by atoms with van der Waals surface area (Å²) in [6.45, 7) is 0. The molecule has 0 spiro atoms. The van der Waals surface area contributed by atoms with Gasteiger partial charge in [0.05, 0.1) is 0 Å². The van der Waals surface area contributed by atoms with Crippen LogP contribution in [0.25, 0.3) is 99.2 Å². The first-order valence-electron chi connectivity index (χ1n) is 21.6. The van der Waals surface area contributed by atoms with Gasteiger partial charge in [0.2, 0.25) is 0 Å². The molecular weight excluding hydrogens is 763 g/mol. The molecule has 0 aliphatic rings. The standard InChI is InChI=1S/C60H41N3/c1-4-14-40(15-5-1)41-24-30-46(31-25-41)63(47-32-26-42(27-33-47)49-36-38-55-59(51-20-10-12-22-53(51)61-55)57(49)44-16-6-2-7-17-44)48-34-28-43(29-35-48)50-37-39-56-60(52-21-11-13-23-54(52)62-56)58(50)45-18-8-3-9-19-45/h1-39,61-62H. The lowest BCUT2D eigenvalue weighted by Gasteiger charge is -2.26. The minimum Gasteiger partial charge on any atom is -0.354 e. The Hall–Kier alpha value is -8.40. The molecule has 0 aliphatic carbocycles. The van der Waals surface area contributed by atoms with Crippen LogP contribution < -0.4 is 4.90 Å². The van der Waals surface area contributed by atoms with Gasteiger partial charge < -0.3 is 14.9 Å². The van der Waals surface area contributed by atoms with Gasteiger partial charge in [0.25, 0.3) is 0 Å². The lowest BCUT2D eigenvalue weighted by molar-refractivity contribution is 1.28. The molecule has 3 nitrogen and oxygen atoms in total. The normalized spacial score (nSPS) is 11.5. The Bertz CT molecular complexity index is 3370. The number of aromatic amines is 2. The molecule has 0 atom stereocenters. The fourth-order valence-corrected chi connectivity index (χ4v) is 9.63. The van der Waals surface area contributed by atoms with Crippen molar-refractivity contribution in [2.24, 2.45) is 0 Å². The maximum absolute atomic E-state index is 3.67. The second-order valence-corrected chi connectivity index (χ2v) is 16.2. The van der Waals surface area contributed by atoms with Crippen molar-refractivity contribution in [2.75, 3.05) is 4.90 Å². The molecule has 0 amide bonds. The molecule has 63 heavy (non-hydrogen) atoms. The summed E-state index contributed by atoms with van der Waals surface area (Å²) in [4.78, 5) is 9.71. The monoisotopic (exact) mass is 803 g/mol. The van der Waals surface area contributed by atoms with Gasteiger partial charge in [-0.2, -0.15) is 0 Å². The van der Waals surface area contributed by atoms with E-state index in [-0.39, 0.29) is 0 Å². The smallest absolute Gasteiger partial charge is 0.0471 e. The Labute approximate surface area is 366 Å². The highest BCUT2D eigenvalue weighted by atomic mass is 15.1. The van der Waals surface area contributed by atoms with Crippen LogP contribution in [-0.2, 0) is 0 Å². The molecule has 296 valence electrons. The molecule has 2 N–H and O–H groups in total. The fraction of sp³-hybridized carbons (Fsp3) is 0. The first-order valence-corrected chi connectivity index (χ1v) is 21.6. The van der Waals surface area contributed by atoms with Crippen molar-refractivity contribution in [1.29, 1.82) is 0 Å². The molecule has 2 heterocycles. The number of H-pyrrole nitrogens is 2. The molecule has 12 rings (SSSR count). The first kappa shape index (κ1) is 36.5. The number of hydrogen-bond acceptors (Lipinski definition) is 1. The summed E-state index contributed by atoms with van der Waals surface area (Å²) in [5, 5.41) is 4.96. The number of hydrogen-bond donors (Lipinski definition) is 2. The zero-order chi connectivity index (χ0) is 41.7. The molecule has 0 radical (unpaired) electrons. The van der Waals surface area contributed by atoms with E-state index < -0.39 is 0 Å². The summed E-state index contributed by atoms with van der Waals surface area (Å²) in [7, 11) is 0. The Kier molecular flexibility index (Phi) is 8.83. The number of para-hydroxylation sites is 2. The van der Waals surface area contributed by atoms with E-state index >= 15 is 0 Å². The third-order valence-electron chi connectivity index (χ3n) is 12.6. The van der Waals surface area contributed by atoms with Crippen molar-refractivity contribution in [1.82, 2.24) is 9.97 Å². The zero-order valence-corrected chi connectivity index (χ0v) is 34.5. The van der Waals surface area contributed by atoms with Crippen molar-refractivity contribution in [3.8, 4) is 55.6 Å². The number of benzene rings is 10. The third kappa shape index (κ3) is 6.38. The number of fused-ring (bicyclic) bond motifs is 6. The quantitative estimate of drug-likeness (QED) is 0.158. The highest BCUT2D eigenvalue weighted by Crippen LogP contribution is 2.45. The van der Waals surface area contributed by atoms with Crippen molar-refractivity contribution < 1.29 is 0 Å². The van der Waals surface area contributed by atoms with Crippen LogP contribution in [0.15, 0.2) is 237 Å². The average molecular weight is 804 g/mol. The van der Waals surface area contributed by atoms with Gasteiger partial charge in [-0.3, -0.25) is 0 Å². The van der Waals surface area contributed by atoms with Gasteiger partial charge in [0.1, 0.15) is 0 Å². The van der Waals surface area contributed by atoms with Gasteiger partial charge in [0, 0.05) is 60.7 Å². The van der Waals surface area contributed by atoms with E-state index in [1.165, 1.54) is 77.2 Å². The van der Waals surface area contributed by atoms with Gasteiger partial charge in [-0.25, -0.2) is 0 Å². The van der Waals surface area contributed by atoms with Crippen LogP contribution in [0.1, 0.15) is 0 Å². The first-order chi connectivity index (χ1) is 31.2. The van der Waals surface area contributed by atoms with Crippen molar-refractivity contribution in [3.63, 3.8) is 0 Å². The number of nitrogens with zero attached hydrogens (tertiary/aromatic N) is 1. The molecule has 2 aromatic heterocycles. The molecule has 3 heteroatoms. The molecule has 12 aromatic rings. The van der Waals surface area contributed by atoms with Gasteiger partial charge in [-0.05, 0) is 116 Å². The summed E-state index contributed by atoms with van der Waals surface area (Å²) in [6, 6.07) is 85.5. The van der Waals surface area contributed by atoms with E-state index in [4.69, 9.17) is 0 Å².